The SMILES string of the molecule is C[C@@H]1CCCC(C)(C)C2=C[C@H](C=O)CC[C@H]21. The molecule has 16 heavy (non-hydrogen) atoms. The number of hydrogen-bond acceptors (Lipinski definition) is 1. The van der Waals surface area contributed by atoms with E-state index in [1.54, 1.807) is 5.57 Å². The van der Waals surface area contributed by atoms with Gasteiger partial charge in [0.25, 0.3) is 0 Å². The number of carbonyl (C=O) groups excluding carboxylic acids is 1. The fraction of sp³-hybridized carbons (Fsp3) is 0.800. The van der Waals surface area contributed by atoms with Gasteiger partial charge in [-0.15, -0.1) is 0 Å². The third-order valence-electron chi connectivity index (χ3n) is 4.71. The van der Waals surface area contributed by atoms with E-state index < -0.39 is 0 Å². The first-order chi connectivity index (χ1) is 7.54. The van der Waals surface area contributed by atoms with Crippen molar-refractivity contribution in [2.45, 2.75) is 52.9 Å². The molecule has 3 atom stereocenters. The first-order valence-corrected chi connectivity index (χ1v) is 6.72. The average molecular weight is 220 g/mol. The Hall–Kier alpha value is -0.590. The number of allylic oxidation sites excluding steroid dienone is 2. The van der Waals surface area contributed by atoms with Gasteiger partial charge in [0.1, 0.15) is 6.29 Å². The summed E-state index contributed by atoms with van der Waals surface area (Å²) in [4.78, 5) is 11.0. The van der Waals surface area contributed by atoms with Crippen LogP contribution >= 0.6 is 0 Å². The standard InChI is InChI=1S/C15H24O/c1-11-5-4-8-15(2,3)14-9-12(10-16)6-7-13(11)14/h9-13H,4-8H2,1-3H3/t11-,12-,13+/m1/s1. The van der Waals surface area contributed by atoms with Crippen LogP contribution in [0.1, 0.15) is 52.9 Å². The Balaban J connectivity index is 2.34. The van der Waals surface area contributed by atoms with E-state index in [1.165, 1.54) is 25.7 Å². The largest absolute Gasteiger partial charge is 0.303 e. The molecule has 1 saturated carbocycles. The Bertz CT molecular complexity index is 301. The number of aldehydes is 1. The molecule has 2 rings (SSSR count). The van der Waals surface area contributed by atoms with Crippen LogP contribution in [0.2, 0.25) is 0 Å². The normalized spacial score (nSPS) is 38.2. The highest BCUT2D eigenvalue weighted by Gasteiger charge is 2.37. The summed E-state index contributed by atoms with van der Waals surface area (Å²) in [6.07, 6.45) is 9.70. The van der Waals surface area contributed by atoms with Crippen LogP contribution in [0, 0.1) is 23.2 Å². The lowest BCUT2D eigenvalue weighted by atomic mass is 9.68. The molecule has 0 aromatic heterocycles. The summed E-state index contributed by atoms with van der Waals surface area (Å²) in [7, 11) is 0. The lowest BCUT2D eigenvalue weighted by Crippen LogP contribution is -2.27. The molecule has 0 N–H and O–H groups in total. The summed E-state index contributed by atoms with van der Waals surface area (Å²) in [5.74, 6) is 1.74. The van der Waals surface area contributed by atoms with E-state index >= 15 is 0 Å². The second kappa shape index (κ2) is 4.35. The Labute approximate surface area is 99.3 Å². The Kier molecular flexibility index (Phi) is 3.23. The van der Waals surface area contributed by atoms with Gasteiger partial charge in [-0.3, -0.25) is 0 Å². The van der Waals surface area contributed by atoms with Crippen molar-refractivity contribution in [1.29, 1.82) is 0 Å². The van der Waals surface area contributed by atoms with Gasteiger partial charge in [-0.1, -0.05) is 45.3 Å². The fourth-order valence-corrected chi connectivity index (χ4v) is 3.60. The molecule has 0 aromatic rings. The molecule has 0 aromatic carbocycles. The minimum Gasteiger partial charge on any atom is -0.303 e. The summed E-state index contributed by atoms with van der Waals surface area (Å²) in [6, 6.07) is 0. The third-order valence-corrected chi connectivity index (χ3v) is 4.71. The quantitative estimate of drug-likeness (QED) is 0.482. The number of fused-ring (bicyclic) bond motifs is 1. The van der Waals surface area contributed by atoms with Crippen molar-refractivity contribution in [3.8, 4) is 0 Å². The molecule has 0 amide bonds. The number of hydrogen-bond donors (Lipinski definition) is 0. The van der Waals surface area contributed by atoms with Crippen LogP contribution in [0.25, 0.3) is 0 Å². The molecule has 2 aliphatic carbocycles. The monoisotopic (exact) mass is 220 g/mol. The molecule has 2 aliphatic rings. The van der Waals surface area contributed by atoms with E-state index in [-0.39, 0.29) is 5.92 Å². The predicted octanol–water partition coefficient (Wildman–Crippen LogP) is 3.98. The molecule has 0 saturated heterocycles. The van der Waals surface area contributed by atoms with Crippen LogP contribution in [-0.4, -0.2) is 6.29 Å². The predicted molar refractivity (Wildman–Crippen MR) is 67.2 cm³/mol. The van der Waals surface area contributed by atoms with E-state index in [0.717, 1.165) is 24.5 Å². The summed E-state index contributed by atoms with van der Waals surface area (Å²) in [5.41, 5.74) is 1.90. The zero-order valence-electron chi connectivity index (χ0n) is 10.8. The molecule has 0 spiro atoms. The van der Waals surface area contributed by atoms with Gasteiger partial charge in [-0.25, -0.2) is 0 Å². The highest BCUT2D eigenvalue weighted by atomic mass is 16.1. The van der Waals surface area contributed by atoms with Crippen molar-refractivity contribution in [3.63, 3.8) is 0 Å². The first kappa shape index (κ1) is 11.9. The molecule has 1 heteroatoms. The second-order valence-electron chi connectivity index (χ2n) is 6.36. The maximum atomic E-state index is 11.0. The van der Waals surface area contributed by atoms with Crippen LogP contribution in [0.15, 0.2) is 11.6 Å². The lowest BCUT2D eigenvalue weighted by molar-refractivity contribution is -0.110. The van der Waals surface area contributed by atoms with Crippen LogP contribution in [0.5, 0.6) is 0 Å². The zero-order chi connectivity index (χ0) is 11.8. The van der Waals surface area contributed by atoms with E-state index in [2.05, 4.69) is 26.8 Å². The van der Waals surface area contributed by atoms with Crippen molar-refractivity contribution in [2.75, 3.05) is 0 Å². The molecule has 90 valence electrons. The van der Waals surface area contributed by atoms with Gasteiger partial charge >= 0.3 is 0 Å². The van der Waals surface area contributed by atoms with E-state index in [9.17, 15) is 4.79 Å². The molecule has 0 radical (unpaired) electrons. The molecule has 1 fully saturated rings. The van der Waals surface area contributed by atoms with Gasteiger partial charge in [0.05, 0.1) is 0 Å². The highest BCUT2D eigenvalue weighted by molar-refractivity contribution is 5.57. The summed E-state index contributed by atoms with van der Waals surface area (Å²) >= 11 is 0. The van der Waals surface area contributed by atoms with Crippen LogP contribution < -0.4 is 0 Å². The topological polar surface area (TPSA) is 17.1 Å². The van der Waals surface area contributed by atoms with Crippen molar-refractivity contribution in [1.82, 2.24) is 0 Å². The number of carbonyl (C=O) groups is 1. The van der Waals surface area contributed by atoms with Gasteiger partial charge in [-0.05, 0) is 36.5 Å². The van der Waals surface area contributed by atoms with Crippen molar-refractivity contribution in [3.05, 3.63) is 11.6 Å². The van der Waals surface area contributed by atoms with Gasteiger partial charge in [0, 0.05) is 5.92 Å². The smallest absolute Gasteiger partial charge is 0.126 e. The van der Waals surface area contributed by atoms with Gasteiger partial charge in [-0.2, -0.15) is 0 Å². The van der Waals surface area contributed by atoms with Crippen molar-refractivity contribution in [2.24, 2.45) is 23.2 Å². The van der Waals surface area contributed by atoms with Crippen LogP contribution in [0.4, 0.5) is 0 Å². The average Bonchev–Trinajstić information content (AvgIpc) is 2.37. The zero-order valence-corrected chi connectivity index (χ0v) is 10.8. The molecule has 0 aliphatic heterocycles. The first-order valence-electron chi connectivity index (χ1n) is 6.72. The second-order valence-corrected chi connectivity index (χ2v) is 6.36. The minimum absolute atomic E-state index is 0.191. The summed E-state index contributed by atoms with van der Waals surface area (Å²) in [5, 5.41) is 0. The van der Waals surface area contributed by atoms with E-state index in [1.807, 2.05) is 0 Å². The summed E-state index contributed by atoms with van der Waals surface area (Å²) < 4.78 is 0. The molecular weight excluding hydrogens is 196 g/mol. The van der Waals surface area contributed by atoms with E-state index in [4.69, 9.17) is 0 Å². The lowest BCUT2D eigenvalue weighted by Gasteiger charge is -2.37. The highest BCUT2D eigenvalue weighted by Crippen LogP contribution is 2.48. The van der Waals surface area contributed by atoms with Crippen molar-refractivity contribution >= 4 is 6.29 Å². The van der Waals surface area contributed by atoms with Gasteiger partial charge in [0.2, 0.25) is 0 Å². The Morgan fingerprint density at radius 2 is 2.06 bits per heavy atom. The third kappa shape index (κ3) is 2.09. The maximum Gasteiger partial charge on any atom is 0.126 e. The molecule has 0 bridgehead atoms. The summed E-state index contributed by atoms with van der Waals surface area (Å²) in [6.45, 7) is 7.11. The van der Waals surface area contributed by atoms with Gasteiger partial charge in [0.15, 0.2) is 0 Å². The molecular formula is C15H24O. The van der Waals surface area contributed by atoms with Crippen molar-refractivity contribution < 1.29 is 4.79 Å². The molecule has 0 unspecified atom stereocenters. The molecule has 1 nitrogen and oxygen atoms in total. The van der Waals surface area contributed by atoms with E-state index in [0.29, 0.717) is 5.41 Å². The minimum atomic E-state index is 0.191. The van der Waals surface area contributed by atoms with Crippen LogP contribution in [0.3, 0.4) is 0 Å². The van der Waals surface area contributed by atoms with Gasteiger partial charge < -0.3 is 4.79 Å². The molecule has 0 heterocycles. The maximum absolute atomic E-state index is 11.0. The fourth-order valence-electron chi connectivity index (χ4n) is 3.60. The van der Waals surface area contributed by atoms with Crippen LogP contribution in [-0.2, 0) is 4.79 Å². The Morgan fingerprint density at radius 3 is 2.75 bits per heavy atom. The number of rotatable bonds is 1. The Morgan fingerprint density at radius 1 is 1.31 bits per heavy atom.